The summed E-state index contributed by atoms with van der Waals surface area (Å²) in [6, 6.07) is 8.40. The number of aromatic nitrogens is 1. The fourth-order valence-corrected chi connectivity index (χ4v) is 4.25. The Morgan fingerprint density at radius 3 is 2.87 bits per heavy atom. The number of hydrogen-bond acceptors (Lipinski definition) is 3. The van der Waals surface area contributed by atoms with E-state index >= 15 is 0 Å². The number of hydrogen-bond donors (Lipinski definition) is 1. The summed E-state index contributed by atoms with van der Waals surface area (Å²) in [4.78, 5) is 17.5. The van der Waals surface area contributed by atoms with Gasteiger partial charge in [0.05, 0.1) is 5.03 Å². The van der Waals surface area contributed by atoms with Crippen molar-refractivity contribution in [2.24, 2.45) is 0 Å². The number of aromatic amines is 1. The summed E-state index contributed by atoms with van der Waals surface area (Å²) >= 11 is 1.87. The van der Waals surface area contributed by atoms with Crippen LogP contribution in [0.15, 0.2) is 29.3 Å². The number of carbonyl (C=O) groups excluding carboxylic acids is 1. The van der Waals surface area contributed by atoms with E-state index in [1.807, 2.05) is 39.6 Å². The van der Waals surface area contributed by atoms with Crippen LogP contribution in [-0.4, -0.2) is 40.9 Å². The van der Waals surface area contributed by atoms with Crippen molar-refractivity contribution in [3.8, 4) is 0 Å². The Morgan fingerprint density at radius 2 is 2.13 bits per heavy atom. The number of carbonyl (C=O) groups is 1. The van der Waals surface area contributed by atoms with Crippen molar-refractivity contribution in [3.63, 3.8) is 0 Å². The number of para-hydroxylation sites is 1. The minimum atomic E-state index is -0.459. The number of likely N-dealkylation sites (N-methyl/N-ethyl adjacent to an activating group) is 1. The molecule has 1 aromatic carbocycles. The number of ether oxygens (including phenoxy) is 1. The van der Waals surface area contributed by atoms with E-state index < -0.39 is 5.60 Å². The fourth-order valence-electron chi connectivity index (χ4n) is 3.03. The van der Waals surface area contributed by atoms with Crippen LogP contribution in [0.3, 0.4) is 0 Å². The van der Waals surface area contributed by atoms with Gasteiger partial charge in [-0.3, -0.25) is 0 Å². The van der Waals surface area contributed by atoms with Gasteiger partial charge in [-0.1, -0.05) is 18.2 Å². The van der Waals surface area contributed by atoms with Crippen LogP contribution in [0.1, 0.15) is 38.7 Å². The second-order valence-electron chi connectivity index (χ2n) is 7.11. The molecule has 1 aromatic heterocycles. The van der Waals surface area contributed by atoms with Crippen molar-refractivity contribution in [2.75, 3.05) is 19.3 Å². The minimum absolute atomic E-state index is 0.253. The predicted molar refractivity (Wildman–Crippen MR) is 95.2 cm³/mol. The summed E-state index contributed by atoms with van der Waals surface area (Å²) in [6.45, 7) is 6.37. The van der Waals surface area contributed by atoms with Gasteiger partial charge in [0.25, 0.3) is 0 Å². The Hall–Kier alpha value is -1.62. The molecule has 1 amide bonds. The zero-order valence-corrected chi connectivity index (χ0v) is 15.0. The third kappa shape index (κ3) is 3.50. The average Bonchev–Trinajstić information content (AvgIpc) is 2.84. The number of fused-ring (bicyclic) bond motifs is 3. The summed E-state index contributed by atoms with van der Waals surface area (Å²) in [5.74, 6) is 1.42. The summed E-state index contributed by atoms with van der Waals surface area (Å²) in [7, 11) is 1.82. The quantitative estimate of drug-likeness (QED) is 0.873. The van der Waals surface area contributed by atoms with Gasteiger partial charge in [0.15, 0.2) is 0 Å². The number of benzene rings is 1. The summed E-state index contributed by atoms with van der Waals surface area (Å²) in [6.07, 6.45) is 0.823. The van der Waals surface area contributed by atoms with Gasteiger partial charge in [-0.2, -0.15) is 0 Å². The molecule has 0 spiro atoms. The lowest BCUT2D eigenvalue weighted by Gasteiger charge is -2.29. The maximum Gasteiger partial charge on any atom is 0.410 e. The van der Waals surface area contributed by atoms with E-state index in [0.29, 0.717) is 12.5 Å². The lowest BCUT2D eigenvalue weighted by Crippen LogP contribution is -2.37. The number of H-pyrrole nitrogens is 1. The van der Waals surface area contributed by atoms with E-state index in [-0.39, 0.29) is 6.09 Å². The molecule has 0 saturated carbocycles. The van der Waals surface area contributed by atoms with Crippen LogP contribution in [0.2, 0.25) is 0 Å². The smallest absolute Gasteiger partial charge is 0.410 e. The van der Waals surface area contributed by atoms with Gasteiger partial charge >= 0.3 is 6.09 Å². The number of nitrogens with one attached hydrogen (secondary N) is 1. The number of thioether (sulfide) groups is 1. The first-order valence-electron chi connectivity index (χ1n) is 8.02. The van der Waals surface area contributed by atoms with Crippen LogP contribution in [0, 0.1) is 0 Å². The zero-order chi connectivity index (χ0) is 16.6. The highest BCUT2D eigenvalue weighted by Gasteiger charge is 2.28. The summed E-state index contributed by atoms with van der Waals surface area (Å²) in [5, 5.41) is 2.53. The molecule has 2 aromatic rings. The van der Waals surface area contributed by atoms with Crippen molar-refractivity contribution in [3.05, 3.63) is 29.8 Å². The molecule has 1 aliphatic rings. The highest BCUT2D eigenvalue weighted by atomic mass is 32.2. The minimum Gasteiger partial charge on any atom is -0.444 e. The zero-order valence-electron chi connectivity index (χ0n) is 14.2. The number of amides is 1. The molecule has 23 heavy (non-hydrogen) atoms. The molecule has 3 rings (SSSR count). The molecule has 1 aliphatic heterocycles. The van der Waals surface area contributed by atoms with Gasteiger partial charge in [-0.05, 0) is 38.8 Å². The molecular formula is C18H24N2O2S. The van der Waals surface area contributed by atoms with Crippen LogP contribution >= 0.6 is 11.8 Å². The van der Waals surface area contributed by atoms with E-state index in [9.17, 15) is 4.79 Å². The predicted octanol–water partition coefficient (Wildman–Crippen LogP) is 4.61. The van der Waals surface area contributed by atoms with E-state index in [2.05, 4.69) is 29.2 Å². The first-order valence-corrected chi connectivity index (χ1v) is 9.01. The highest BCUT2D eigenvalue weighted by molar-refractivity contribution is 7.99. The molecule has 1 N–H and O–H groups in total. The molecule has 0 radical (unpaired) electrons. The lowest BCUT2D eigenvalue weighted by molar-refractivity contribution is 0.0287. The van der Waals surface area contributed by atoms with Crippen LogP contribution in [-0.2, 0) is 4.74 Å². The van der Waals surface area contributed by atoms with E-state index in [1.165, 1.54) is 21.5 Å². The average molecular weight is 332 g/mol. The molecule has 0 fully saturated rings. The first kappa shape index (κ1) is 16.2. The largest absolute Gasteiger partial charge is 0.444 e. The van der Waals surface area contributed by atoms with E-state index in [4.69, 9.17) is 4.74 Å². The second-order valence-corrected chi connectivity index (χ2v) is 8.21. The van der Waals surface area contributed by atoms with Crippen molar-refractivity contribution >= 4 is 28.8 Å². The fraction of sp³-hybridized carbons (Fsp3) is 0.500. The normalized spacial score (nSPS) is 17.8. The first-order chi connectivity index (χ1) is 10.8. The molecule has 1 unspecified atom stereocenters. The van der Waals surface area contributed by atoms with Crippen LogP contribution in [0.5, 0.6) is 0 Å². The maximum absolute atomic E-state index is 12.2. The third-order valence-corrected chi connectivity index (χ3v) is 5.08. The van der Waals surface area contributed by atoms with Gasteiger partial charge in [-0.25, -0.2) is 4.79 Å². The SMILES string of the molecule is CN(CC1CCSc2[nH]c3ccccc3c21)C(=O)OC(C)(C)C. The second kappa shape index (κ2) is 6.11. The van der Waals surface area contributed by atoms with E-state index in [1.54, 1.807) is 4.90 Å². The number of rotatable bonds is 2. The Morgan fingerprint density at radius 1 is 1.39 bits per heavy atom. The number of nitrogens with zero attached hydrogens (tertiary/aromatic N) is 1. The molecular weight excluding hydrogens is 308 g/mol. The molecule has 2 heterocycles. The molecule has 1 atom stereocenters. The standard InChI is InChI=1S/C18H24N2O2S/c1-18(2,3)22-17(21)20(4)11-12-9-10-23-16-15(12)13-7-5-6-8-14(13)19-16/h5-8,12,19H,9-11H2,1-4H3. The highest BCUT2D eigenvalue weighted by Crippen LogP contribution is 2.42. The van der Waals surface area contributed by atoms with Crippen molar-refractivity contribution in [1.29, 1.82) is 0 Å². The Bertz CT molecular complexity index is 717. The molecule has 0 aliphatic carbocycles. The molecule has 0 bridgehead atoms. The Balaban J connectivity index is 1.82. The molecule has 4 nitrogen and oxygen atoms in total. The Kier molecular flexibility index (Phi) is 4.32. The van der Waals surface area contributed by atoms with Crippen molar-refractivity contribution in [2.45, 2.75) is 43.7 Å². The maximum atomic E-state index is 12.2. The van der Waals surface area contributed by atoms with E-state index in [0.717, 1.165) is 12.2 Å². The van der Waals surface area contributed by atoms with Crippen LogP contribution in [0.25, 0.3) is 10.9 Å². The van der Waals surface area contributed by atoms with Crippen LogP contribution < -0.4 is 0 Å². The van der Waals surface area contributed by atoms with Gasteiger partial charge in [0, 0.05) is 36.2 Å². The summed E-state index contributed by atoms with van der Waals surface area (Å²) in [5.41, 5.74) is 2.07. The van der Waals surface area contributed by atoms with Gasteiger partial charge in [0.1, 0.15) is 5.60 Å². The van der Waals surface area contributed by atoms with Crippen molar-refractivity contribution in [1.82, 2.24) is 9.88 Å². The summed E-state index contributed by atoms with van der Waals surface area (Å²) < 4.78 is 5.47. The lowest BCUT2D eigenvalue weighted by atomic mass is 9.95. The Labute approximate surface area is 141 Å². The van der Waals surface area contributed by atoms with Crippen LogP contribution in [0.4, 0.5) is 4.79 Å². The molecule has 5 heteroatoms. The molecule has 0 saturated heterocycles. The monoisotopic (exact) mass is 332 g/mol. The van der Waals surface area contributed by atoms with Gasteiger partial charge in [0.2, 0.25) is 0 Å². The van der Waals surface area contributed by atoms with Gasteiger partial charge in [-0.15, -0.1) is 11.8 Å². The molecule has 124 valence electrons. The van der Waals surface area contributed by atoms with Crippen molar-refractivity contribution < 1.29 is 9.53 Å². The topological polar surface area (TPSA) is 45.3 Å². The van der Waals surface area contributed by atoms with Gasteiger partial charge < -0.3 is 14.6 Å². The third-order valence-electron chi connectivity index (χ3n) is 4.03.